The quantitative estimate of drug-likeness (QED) is 0.394. The zero-order valence-electron chi connectivity index (χ0n) is 22.0. The lowest BCUT2D eigenvalue weighted by Gasteiger charge is -2.66. The summed E-state index contributed by atoms with van der Waals surface area (Å²) in [6, 6.07) is 6.12. The number of anilines is 1. The van der Waals surface area contributed by atoms with Gasteiger partial charge in [0.1, 0.15) is 11.3 Å². The fraction of sp³-hybridized carbons (Fsp3) is 0.500. The molecule has 8 nitrogen and oxygen atoms in total. The highest BCUT2D eigenvalue weighted by molar-refractivity contribution is 5.93. The number of pyridine rings is 3. The molecule has 1 spiro atoms. The van der Waals surface area contributed by atoms with Crippen LogP contribution in [0.1, 0.15) is 43.4 Å². The molecule has 0 atom stereocenters. The normalized spacial score (nSPS) is 26.9. The van der Waals surface area contributed by atoms with Crippen LogP contribution < -0.4 is 15.8 Å². The van der Waals surface area contributed by atoms with Crippen LogP contribution in [0.3, 0.4) is 0 Å². The molecule has 202 valence electrons. The van der Waals surface area contributed by atoms with Gasteiger partial charge in [0, 0.05) is 68.4 Å². The number of rotatable bonds is 7. The highest BCUT2D eigenvalue weighted by atomic mass is 19.1. The average molecular weight is 529 g/mol. The van der Waals surface area contributed by atoms with Crippen LogP contribution in [-0.2, 0) is 17.8 Å². The number of nitrogens with zero attached hydrogens (tertiary/aromatic N) is 5. The van der Waals surface area contributed by atoms with Gasteiger partial charge in [-0.05, 0) is 55.2 Å². The number of nitrogens with one attached hydrogen (secondary N) is 1. The summed E-state index contributed by atoms with van der Waals surface area (Å²) in [5, 5.41) is 5.10. The lowest BCUT2D eigenvalue weighted by atomic mass is 9.42. The maximum atomic E-state index is 13.8. The summed E-state index contributed by atoms with van der Waals surface area (Å²) >= 11 is 0. The van der Waals surface area contributed by atoms with Gasteiger partial charge in [-0.15, -0.1) is 0 Å². The number of imidazole rings is 1. The van der Waals surface area contributed by atoms with Gasteiger partial charge < -0.3 is 23.9 Å². The summed E-state index contributed by atoms with van der Waals surface area (Å²) in [6.07, 6.45) is 14.0. The van der Waals surface area contributed by atoms with Gasteiger partial charge >= 0.3 is 0 Å². The molecule has 2 aliphatic heterocycles. The van der Waals surface area contributed by atoms with E-state index in [0.717, 1.165) is 93.1 Å². The fourth-order valence-corrected chi connectivity index (χ4v) is 7.63. The lowest BCUT2D eigenvalue weighted by molar-refractivity contribution is -0.209. The molecule has 3 aliphatic carbocycles. The van der Waals surface area contributed by atoms with Gasteiger partial charge in [-0.2, -0.15) is 0 Å². The molecule has 2 bridgehead atoms. The summed E-state index contributed by atoms with van der Waals surface area (Å²) in [4.78, 5) is 25.0. The molecule has 0 unspecified atom stereocenters. The molecule has 4 aromatic heterocycles. The van der Waals surface area contributed by atoms with Crippen LogP contribution >= 0.6 is 0 Å². The Morgan fingerprint density at radius 3 is 2.74 bits per heavy atom. The van der Waals surface area contributed by atoms with E-state index in [1.54, 1.807) is 10.8 Å². The van der Waals surface area contributed by atoms with Crippen molar-refractivity contribution in [3.63, 3.8) is 0 Å². The number of alkyl halides is 1. The summed E-state index contributed by atoms with van der Waals surface area (Å²) in [6.45, 7) is 5.61. The van der Waals surface area contributed by atoms with Crippen molar-refractivity contribution in [2.75, 3.05) is 37.7 Å². The Morgan fingerprint density at radius 1 is 1.08 bits per heavy atom. The Bertz CT molecular complexity index is 1630. The summed E-state index contributed by atoms with van der Waals surface area (Å²) in [5.41, 5.74) is 3.42. The number of ether oxygens (including phenoxy) is 1. The molecule has 4 aromatic rings. The van der Waals surface area contributed by atoms with Crippen molar-refractivity contribution >= 4 is 22.1 Å². The molecule has 2 saturated heterocycles. The van der Waals surface area contributed by atoms with Crippen LogP contribution in [-0.4, -0.2) is 57.5 Å². The average Bonchev–Trinajstić information content (AvgIpc) is 3.29. The summed E-state index contributed by atoms with van der Waals surface area (Å²) in [5.74, 6) is 0. The second-order valence-electron chi connectivity index (χ2n) is 12.7. The molecule has 0 radical (unpaired) electrons. The third-order valence-electron chi connectivity index (χ3n) is 9.48. The Morgan fingerprint density at radius 2 is 1.95 bits per heavy atom. The monoisotopic (exact) mass is 528 g/mol. The summed E-state index contributed by atoms with van der Waals surface area (Å²) < 4.78 is 23.2. The first kappa shape index (κ1) is 23.6. The number of fused-ring (bicyclic) bond motifs is 2. The number of halogens is 1. The minimum absolute atomic E-state index is 0.0521. The van der Waals surface area contributed by atoms with Gasteiger partial charge in [0.2, 0.25) is 0 Å². The van der Waals surface area contributed by atoms with E-state index in [4.69, 9.17) is 9.72 Å². The largest absolute Gasteiger partial charge is 0.381 e. The second kappa shape index (κ2) is 8.35. The topological polar surface area (TPSA) is 76.7 Å². The predicted octanol–water partition coefficient (Wildman–Crippen LogP) is 3.69. The van der Waals surface area contributed by atoms with Crippen LogP contribution in [0.5, 0.6) is 0 Å². The van der Waals surface area contributed by atoms with Gasteiger partial charge in [-0.25, -0.2) is 9.37 Å². The highest BCUT2D eigenvalue weighted by Gasteiger charge is 2.68. The van der Waals surface area contributed by atoms with Crippen molar-refractivity contribution in [3.05, 3.63) is 70.8 Å². The molecule has 0 aromatic carbocycles. The minimum atomic E-state index is -0.845. The molecular weight excluding hydrogens is 495 g/mol. The van der Waals surface area contributed by atoms with Crippen LogP contribution in [0.2, 0.25) is 0 Å². The Hall–Kier alpha value is -3.30. The van der Waals surface area contributed by atoms with E-state index >= 15 is 0 Å². The highest BCUT2D eigenvalue weighted by Crippen LogP contribution is 2.69. The van der Waals surface area contributed by atoms with Gasteiger partial charge in [-0.1, -0.05) is 6.07 Å². The first-order chi connectivity index (χ1) is 18.9. The van der Waals surface area contributed by atoms with Gasteiger partial charge in [0.15, 0.2) is 0 Å². The van der Waals surface area contributed by atoms with Crippen LogP contribution in [0.15, 0.2) is 54.0 Å². The summed E-state index contributed by atoms with van der Waals surface area (Å²) in [7, 11) is 0. The molecule has 3 saturated carbocycles. The number of aromatic nitrogens is 4. The molecule has 5 aliphatic rings. The molecular formula is C30H33FN6O2. The molecule has 1 N–H and O–H groups in total. The zero-order valence-corrected chi connectivity index (χ0v) is 22.0. The van der Waals surface area contributed by atoms with Crippen molar-refractivity contribution in [3.8, 4) is 0 Å². The first-order valence-corrected chi connectivity index (χ1v) is 14.1. The van der Waals surface area contributed by atoms with Crippen molar-refractivity contribution in [1.82, 2.24) is 24.3 Å². The smallest absolute Gasteiger partial charge is 0.260 e. The van der Waals surface area contributed by atoms with Crippen molar-refractivity contribution in [1.29, 1.82) is 0 Å². The Balaban J connectivity index is 0.976. The maximum absolute atomic E-state index is 13.8. The molecule has 0 amide bonds. The van der Waals surface area contributed by atoms with Crippen LogP contribution in [0.4, 0.5) is 10.1 Å². The fourth-order valence-electron chi connectivity index (χ4n) is 7.63. The maximum Gasteiger partial charge on any atom is 0.260 e. The Kier molecular flexibility index (Phi) is 5.05. The van der Waals surface area contributed by atoms with Gasteiger partial charge in [0.25, 0.3) is 5.56 Å². The van der Waals surface area contributed by atoms with Crippen LogP contribution in [0, 0.1) is 10.8 Å². The zero-order chi connectivity index (χ0) is 26.2. The molecule has 5 fully saturated rings. The Labute approximate surface area is 225 Å². The molecule has 39 heavy (non-hydrogen) atoms. The minimum Gasteiger partial charge on any atom is -0.381 e. The van der Waals surface area contributed by atoms with E-state index in [9.17, 15) is 9.18 Å². The SMILES string of the molecule is O=c1c2cncc(N3CC4(CCCOC4)C3)c2ccn1Cc1cn2cc(CNCC34CC(F)(C3)C4)ccc2n1. The number of hydrogen-bond acceptors (Lipinski definition) is 6. The van der Waals surface area contributed by atoms with E-state index in [-0.39, 0.29) is 16.4 Å². The predicted molar refractivity (Wildman–Crippen MR) is 147 cm³/mol. The van der Waals surface area contributed by atoms with Gasteiger partial charge in [0.05, 0.1) is 36.1 Å². The van der Waals surface area contributed by atoms with E-state index in [1.165, 1.54) is 6.42 Å². The van der Waals surface area contributed by atoms with E-state index in [1.807, 2.05) is 35.1 Å². The van der Waals surface area contributed by atoms with E-state index < -0.39 is 5.67 Å². The number of hydrogen-bond donors (Lipinski definition) is 1. The van der Waals surface area contributed by atoms with E-state index in [2.05, 4.69) is 27.5 Å². The van der Waals surface area contributed by atoms with Gasteiger partial charge in [-0.3, -0.25) is 9.78 Å². The third-order valence-corrected chi connectivity index (χ3v) is 9.48. The lowest BCUT2D eigenvalue weighted by Crippen LogP contribution is -2.67. The van der Waals surface area contributed by atoms with Crippen molar-refractivity contribution in [2.24, 2.45) is 10.8 Å². The molecule has 6 heterocycles. The molecule has 9 heteroatoms. The van der Waals surface area contributed by atoms with E-state index in [0.29, 0.717) is 11.9 Å². The first-order valence-electron chi connectivity index (χ1n) is 14.1. The van der Waals surface area contributed by atoms with Crippen molar-refractivity contribution in [2.45, 2.75) is 50.9 Å². The third kappa shape index (κ3) is 3.89. The van der Waals surface area contributed by atoms with Crippen LogP contribution in [0.25, 0.3) is 16.4 Å². The molecule has 9 rings (SSSR count). The second-order valence-corrected chi connectivity index (χ2v) is 12.7. The van der Waals surface area contributed by atoms with Crippen molar-refractivity contribution < 1.29 is 9.13 Å². The standard InChI is InChI=1S/C30H33FN6O2/c31-30-14-29(15-30,16-30)17-33-8-21-2-3-26-34-22(13-36(26)11-21)12-35-6-4-23-24(27(35)38)9-32-10-25(23)37-18-28(19-37)5-1-7-39-20-28/h2-4,6,9-11,13,33H,1,5,7-8,12,14-20H2.